The number of nitrogens with zero attached hydrogens (tertiary/aromatic N) is 3. The second kappa shape index (κ2) is 7.07. The average Bonchev–Trinajstić information content (AvgIpc) is 3.20. The zero-order chi connectivity index (χ0) is 17.4. The number of ether oxygens (including phenoxy) is 1. The van der Waals surface area contributed by atoms with E-state index in [0.717, 1.165) is 44.7 Å². The van der Waals surface area contributed by atoms with Crippen LogP contribution in [0.3, 0.4) is 0 Å². The van der Waals surface area contributed by atoms with Crippen LogP contribution in [0.2, 0.25) is 0 Å². The van der Waals surface area contributed by atoms with Crippen LogP contribution in [0.25, 0.3) is 0 Å². The van der Waals surface area contributed by atoms with E-state index in [1.54, 1.807) is 0 Å². The predicted molar refractivity (Wildman–Crippen MR) is 102 cm³/mol. The normalized spacial score (nSPS) is 36.5. The predicted octanol–water partition coefficient (Wildman–Crippen LogP) is 2.18. The number of nitrogens with one attached hydrogen (secondary N) is 1. The molecule has 4 atom stereocenters. The molecule has 4 aliphatic rings. The van der Waals surface area contributed by atoms with Gasteiger partial charge in [0.25, 0.3) is 0 Å². The molecule has 4 unspecified atom stereocenters. The Bertz CT molecular complexity index is 500. The van der Waals surface area contributed by atoms with E-state index in [-0.39, 0.29) is 0 Å². The lowest BCUT2D eigenvalue weighted by Gasteiger charge is -2.63. The van der Waals surface area contributed by atoms with Crippen molar-refractivity contribution in [1.82, 2.24) is 15.1 Å². The molecule has 25 heavy (non-hydrogen) atoms. The van der Waals surface area contributed by atoms with Crippen molar-refractivity contribution < 1.29 is 4.74 Å². The molecule has 5 nitrogen and oxygen atoms in total. The fourth-order valence-corrected chi connectivity index (χ4v) is 5.91. The van der Waals surface area contributed by atoms with Crippen molar-refractivity contribution in [2.75, 3.05) is 46.4 Å². The second-order valence-corrected chi connectivity index (χ2v) is 8.59. The molecule has 0 aromatic carbocycles. The Morgan fingerprint density at radius 3 is 2.72 bits per heavy atom. The van der Waals surface area contributed by atoms with E-state index in [1.165, 1.54) is 38.6 Å². The van der Waals surface area contributed by atoms with Crippen LogP contribution in [-0.4, -0.2) is 74.3 Å². The van der Waals surface area contributed by atoms with Gasteiger partial charge in [0.05, 0.1) is 6.10 Å². The second-order valence-electron chi connectivity index (χ2n) is 8.59. The number of rotatable bonds is 5. The molecule has 2 heterocycles. The van der Waals surface area contributed by atoms with Crippen LogP contribution in [0.4, 0.5) is 0 Å². The first-order valence-corrected chi connectivity index (χ1v) is 10.5. The largest absolute Gasteiger partial charge is 0.377 e. The summed E-state index contributed by atoms with van der Waals surface area (Å²) in [6.07, 6.45) is 7.11. The molecule has 1 N–H and O–H groups in total. The first kappa shape index (κ1) is 17.6. The van der Waals surface area contributed by atoms with E-state index in [0.29, 0.717) is 23.5 Å². The van der Waals surface area contributed by atoms with E-state index in [2.05, 4.69) is 34.0 Å². The van der Waals surface area contributed by atoms with Gasteiger partial charge in [-0.15, -0.1) is 0 Å². The van der Waals surface area contributed by atoms with E-state index in [1.807, 2.05) is 7.05 Å². The molecular weight excluding hydrogens is 312 g/mol. The summed E-state index contributed by atoms with van der Waals surface area (Å²) >= 11 is 0. The van der Waals surface area contributed by atoms with Gasteiger partial charge in [0.15, 0.2) is 5.96 Å². The molecule has 2 saturated heterocycles. The van der Waals surface area contributed by atoms with E-state index in [4.69, 9.17) is 4.74 Å². The van der Waals surface area contributed by atoms with Crippen LogP contribution in [0.5, 0.6) is 0 Å². The highest BCUT2D eigenvalue weighted by Gasteiger charge is 2.66. The summed E-state index contributed by atoms with van der Waals surface area (Å²) in [7, 11) is 1.95. The van der Waals surface area contributed by atoms with Gasteiger partial charge in [0.2, 0.25) is 0 Å². The molecule has 0 aromatic heterocycles. The average molecular weight is 349 g/mol. The minimum Gasteiger partial charge on any atom is -0.377 e. The lowest BCUT2D eigenvalue weighted by atomic mass is 9.46. The lowest BCUT2D eigenvalue weighted by Crippen LogP contribution is -2.72. The van der Waals surface area contributed by atoms with Gasteiger partial charge in [-0.2, -0.15) is 0 Å². The summed E-state index contributed by atoms with van der Waals surface area (Å²) in [5.74, 6) is 2.63. The van der Waals surface area contributed by atoms with Crippen molar-refractivity contribution in [2.45, 2.75) is 58.1 Å². The van der Waals surface area contributed by atoms with Crippen LogP contribution >= 0.6 is 0 Å². The smallest absolute Gasteiger partial charge is 0.193 e. The van der Waals surface area contributed by atoms with Crippen LogP contribution in [0.15, 0.2) is 4.99 Å². The van der Waals surface area contributed by atoms with Crippen molar-refractivity contribution in [2.24, 2.45) is 22.2 Å². The molecule has 0 aromatic rings. The number of aliphatic imine (C=N–C) groups is 1. The minimum atomic E-state index is 0.428. The van der Waals surface area contributed by atoms with Gasteiger partial charge in [-0.05, 0) is 44.7 Å². The summed E-state index contributed by atoms with van der Waals surface area (Å²) < 4.78 is 6.07. The Hall–Kier alpha value is -0.810. The van der Waals surface area contributed by atoms with Gasteiger partial charge in [-0.1, -0.05) is 20.3 Å². The van der Waals surface area contributed by atoms with Gasteiger partial charge in [0.1, 0.15) is 0 Å². The molecule has 2 aliphatic heterocycles. The van der Waals surface area contributed by atoms with Crippen LogP contribution in [0, 0.1) is 17.3 Å². The van der Waals surface area contributed by atoms with Crippen LogP contribution < -0.4 is 5.32 Å². The molecular formula is C20H36N4O. The maximum atomic E-state index is 6.07. The Labute approximate surface area is 153 Å². The standard InChI is InChI=1S/C20H36N4O/c1-4-23(5-2)13-15-7-11-24(14-15)19(21-3)22-17-16-8-12-25-18(16)20(17)9-6-10-20/h15-18H,4-14H2,1-3H3,(H,21,22). The van der Waals surface area contributed by atoms with Gasteiger partial charge in [0, 0.05) is 50.7 Å². The van der Waals surface area contributed by atoms with Gasteiger partial charge >= 0.3 is 0 Å². The molecule has 4 fully saturated rings. The topological polar surface area (TPSA) is 40.1 Å². The zero-order valence-corrected chi connectivity index (χ0v) is 16.3. The van der Waals surface area contributed by atoms with Crippen LogP contribution in [0.1, 0.15) is 46.0 Å². The molecule has 0 amide bonds. The fraction of sp³-hybridized carbons (Fsp3) is 0.950. The monoisotopic (exact) mass is 348 g/mol. The van der Waals surface area contributed by atoms with Gasteiger partial charge < -0.3 is 19.9 Å². The Morgan fingerprint density at radius 1 is 1.28 bits per heavy atom. The molecule has 142 valence electrons. The summed E-state index contributed by atoms with van der Waals surface area (Å²) in [5.41, 5.74) is 0.428. The number of hydrogen-bond acceptors (Lipinski definition) is 3. The fourth-order valence-electron chi connectivity index (χ4n) is 5.91. The highest BCUT2D eigenvalue weighted by atomic mass is 16.5. The molecule has 4 rings (SSSR count). The van der Waals surface area contributed by atoms with Crippen molar-refractivity contribution in [3.63, 3.8) is 0 Å². The summed E-state index contributed by atoms with van der Waals surface area (Å²) in [6.45, 7) is 11.4. The van der Waals surface area contributed by atoms with Crippen molar-refractivity contribution >= 4 is 5.96 Å². The highest BCUT2D eigenvalue weighted by Crippen LogP contribution is 2.62. The summed E-state index contributed by atoms with van der Waals surface area (Å²) in [5, 5.41) is 3.89. The Balaban J connectivity index is 1.36. The number of fused-ring (bicyclic) bond motifs is 2. The van der Waals surface area contributed by atoms with E-state index in [9.17, 15) is 0 Å². The SMILES string of the molecule is CCN(CC)CC1CCN(C(=NC)NC2C3CCOC3C23CCC3)C1. The quantitative estimate of drug-likeness (QED) is 0.611. The van der Waals surface area contributed by atoms with Gasteiger partial charge in [-0.3, -0.25) is 4.99 Å². The Kier molecular flexibility index (Phi) is 4.98. The third-order valence-electron chi connectivity index (χ3n) is 7.53. The van der Waals surface area contributed by atoms with Crippen molar-refractivity contribution in [3.05, 3.63) is 0 Å². The lowest BCUT2D eigenvalue weighted by molar-refractivity contribution is -0.171. The Morgan fingerprint density at radius 2 is 2.08 bits per heavy atom. The first-order valence-electron chi connectivity index (χ1n) is 10.5. The van der Waals surface area contributed by atoms with E-state index < -0.39 is 0 Å². The zero-order valence-electron chi connectivity index (χ0n) is 16.3. The van der Waals surface area contributed by atoms with E-state index >= 15 is 0 Å². The van der Waals surface area contributed by atoms with Crippen molar-refractivity contribution in [1.29, 1.82) is 0 Å². The number of likely N-dealkylation sites (tertiary alicyclic amines) is 1. The molecule has 5 heteroatoms. The van der Waals surface area contributed by atoms with Crippen LogP contribution in [-0.2, 0) is 4.74 Å². The minimum absolute atomic E-state index is 0.428. The number of guanidine groups is 1. The highest BCUT2D eigenvalue weighted by molar-refractivity contribution is 5.81. The first-order chi connectivity index (χ1) is 12.2. The third-order valence-corrected chi connectivity index (χ3v) is 7.53. The maximum Gasteiger partial charge on any atom is 0.193 e. The summed E-state index contributed by atoms with van der Waals surface area (Å²) in [6, 6.07) is 0.592. The van der Waals surface area contributed by atoms with Crippen molar-refractivity contribution in [3.8, 4) is 0 Å². The molecule has 2 saturated carbocycles. The summed E-state index contributed by atoms with van der Waals surface area (Å²) in [4.78, 5) is 9.72. The third kappa shape index (κ3) is 2.87. The molecule has 0 bridgehead atoms. The molecule has 2 aliphatic carbocycles. The van der Waals surface area contributed by atoms with Gasteiger partial charge in [-0.25, -0.2) is 0 Å². The number of hydrogen-bond donors (Lipinski definition) is 1. The molecule has 0 radical (unpaired) electrons. The maximum absolute atomic E-state index is 6.07. The molecule has 1 spiro atoms.